The normalized spacial score (nSPS) is 11.2. The number of amides is 1. The number of carbonyl (C=O) groups excluding carboxylic acids is 1. The lowest BCUT2D eigenvalue weighted by molar-refractivity contribution is -0.384. The van der Waals surface area contributed by atoms with Crippen LogP contribution in [0.2, 0.25) is 0 Å². The average Bonchev–Trinajstić information content (AvgIpc) is 2.92. The molecule has 116 valence electrons. The van der Waals surface area contributed by atoms with Crippen LogP contribution >= 0.6 is 0 Å². The van der Waals surface area contributed by atoms with Crippen molar-refractivity contribution in [1.82, 2.24) is 20.6 Å². The number of carbonyl (C=O) groups is 1. The molecule has 0 fully saturated rings. The third kappa shape index (κ3) is 3.62. The van der Waals surface area contributed by atoms with Gasteiger partial charge >= 0.3 is 0 Å². The van der Waals surface area contributed by atoms with Gasteiger partial charge in [-0.3, -0.25) is 14.9 Å². The maximum absolute atomic E-state index is 12.1. The maximum atomic E-state index is 12.1. The molecule has 0 radical (unpaired) electrons. The van der Waals surface area contributed by atoms with Crippen molar-refractivity contribution >= 4 is 17.3 Å². The Hall–Kier alpha value is -2.84. The van der Waals surface area contributed by atoms with Crippen LogP contribution in [0, 0.1) is 15.5 Å². The van der Waals surface area contributed by atoms with E-state index in [0.29, 0.717) is 17.1 Å². The molecule has 1 aromatic carbocycles. The van der Waals surface area contributed by atoms with Gasteiger partial charge in [0.2, 0.25) is 5.91 Å². The van der Waals surface area contributed by atoms with E-state index in [9.17, 15) is 14.9 Å². The molecule has 0 saturated carbocycles. The Morgan fingerprint density at radius 2 is 2.14 bits per heavy atom. The fourth-order valence-corrected chi connectivity index (χ4v) is 1.70. The van der Waals surface area contributed by atoms with Crippen LogP contribution in [0.5, 0.6) is 0 Å². The van der Waals surface area contributed by atoms with Gasteiger partial charge in [-0.25, -0.2) is 0 Å². The van der Waals surface area contributed by atoms with Crippen molar-refractivity contribution in [3.05, 3.63) is 39.7 Å². The average molecular weight is 304 g/mol. The molecule has 0 bridgehead atoms. The molecule has 2 rings (SSSR count). The lowest BCUT2D eigenvalue weighted by atomic mass is 9.95. The number of nitro benzene ring substituents is 1. The van der Waals surface area contributed by atoms with Crippen LogP contribution in [0.1, 0.15) is 32.2 Å². The topological polar surface area (TPSA) is 127 Å². The van der Waals surface area contributed by atoms with Gasteiger partial charge in [0.25, 0.3) is 5.69 Å². The van der Waals surface area contributed by atoms with Gasteiger partial charge in [-0.15, -0.1) is 10.2 Å². The Kier molecular flexibility index (Phi) is 4.15. The summed E-state index contributed by atoms with van der Waals surface area (Å²) in [5, 5.41) is 27.1. The van der Waals surface area contributed by atoms with Crippen molar-refractivity contribution < 1.29 is 9.72 Å². The summed E-state index contributed by atoms with van der Waals surface area (Å²) in [6, 6.07) is 4.25. The zero-order valence-electron chi connectivity index (χ0n) is 12.5. The van der Waals surface area contributed by atoms with Crippen LogP contribution in [0.3, 0.4) is 0 Å². The smallest absolute Gasteiger partial charge is 0.269 e. The van der Waals surface area contributed by atoms with Gasteiger partial charge in [0.05, 0.1) is 4.92 Å². The highest BCUT2D eigenvalue weighted by atomic mass is 16.6. The number of anilines is 1. The number of nitro groups is 1. The van der Waals surface area contributed by atoms with Crippen molar-refractivity contribution in [2.75, 3.05) is 5.32 Å². The molecule has 2 aromatic rings. The molecular formula is C13H16N6O3. The van der Waals surface area contributed by atoms with Crippen LogP contribution in [0.25, 0.3) is 0 Å². The number of aromatic amines is 1. The summed E-state index contributed by atoms with van der Waals surface area (Å²) >= 11 is 0. The first kappa shape index (κ1) is 15.5. The van der Waals surface area contributed by atoms with Crippen molar-refractivity contribution in [2.45, 2.75) is 27.2 Å². The fraction of sp³-hybridized carbons (Fsp3) is 0.385. The number of hydrogen-bond donors (Lipinski definition) is 2. The van der Waals surface area contributed by atoms with Crippen LogP contribution < -0.4 is 5.32 Å². The monoisotopic (exact) mass is 304 g/mol. The molecule has 2 N–H and O–H groups in total. The molecule has 0 unspecified atom stereocenters. The molecule has 9 nitrogen and oxygen atoms in total. The van der Waals surface area contributed by atoms with E-state index in [1.54, 1.807) is 20.8 Å². The maximum Gasteiger partial charge on any atom is 0.269 e. The predicted molar refractivity (Wildman–Crippen MR) is 78.2 cm³/mol. The Morgan fingerprint density at radius 3 is 2.68 bits per heavy atom. The summed E-state index contributed by atoms with van der Waals surface area (Å²) in [5.74, 6) is 0.197. The number of benzene rings is 1. The zero-order chi connectivity index (χ0) is 16.3. The third-order valence-corrected chi connectivity index (χ3v) is 2.97. The second-order valence-electron chi connectivity index (χ2n) is 5.81. The van der Waals surface area contributed by atoms with E-state index in [2.05, 4.69) is 25.9 Å². The number of nitrogens with one attached hydrogen (secondary N) is 2. The first-order valence-corrected chi connectivity index (χ1v) is 6.58. The zero-order valence-corrected chi connectivity index (χ0v) is 12.5. The van der Waals surface area contributed by atoms with Crippen molar-refractivity contribution in [3.8, 4) is 0 Å². The summed E-state index contributed by atoms with van der Waals surface area (Å²) in [6.07, 6.45) is 0.220. The second-order valence-corrected chi connectivity index (χ2v) is 5.81. The van der Waals surface area contributed by atoms with Crippen LogP contribution in [-0.4, -0.2) is 31.5 Å². The molecule has 0 aliphatic rings. The van der Waals surface area contributed by atoms with Gasteiger partial charge < -0.3 is 5.32 Å². The Balaban J connectivity index is 2.35. The summed E-state index contributed by atoms with van der Waals surface area (Å²) in [7, 11) is 0. The lowest BCUT2D eigenvalue weighted by Crippen LogP contribution is -2.28. The van der Waals surface area contributed by atoms with Crippen LogP contribution in [0.15, 0.2) is 18.2 Å². The van der Waals surface area contributed by atoms with Gasteiger partial charge in [-0.2, -0.15) is 5.21 Å². The molecule has 22 heavy (non-hydrogen) atoms. The second kappa shape index (κ2) is 5.88. The first-order valence-electron chi connectivity index (χ1n) is 6.58. The highest BCUT2D eigenvalue weighted by Crippen LogP contribution is 2.26. The molecule has 0 saturated heterocycles. The number of H-pyrrole nitrogens is 1. The molecule has 0 aliphatic heterocycles. The van der Waals surface area contributed by atoms with E-state index in [1.165, 1.54) is 18.2 Å². The van der Waals surface area contributed by atoms with Crippen LogP contribution in [0.4, 0.5) is 11.4 Å². The lowest BCUT2D eigenvalue weighted by Gasteiger charge is -2.19. The molecule has 0 aliphatic carbocycles. The van der Waals surface area contributed by atoms with E-state index >= 15 is 0 Å². The minimum atomic E-state index is -0.578. The number of non-ortho nitro benzene ring substituents is 1. The Labute approximate surface area is 126 Å². The van der Waals surface area contributed by atoms with E-state index in [-0.39, 0.29) is 18.0 Å². The fourth-order valence-electron chi connectivity index (χ4n) is 1.70. The van der Waals surface area contributed by atoms with Gasteiger partial charge in [0.15, 0.2) is 5.82 Å². The van der Waals surface area contributed by atoms with E-state index < -0.39 is 10.3 Å². The summed E-state index contributed by atoms with van der Waals surface area (Å²) < 4.78 is 0. The number of nitrogens with zero attached hydrogens (tertiary/aromatic N) is 4. The number of rotatable bonds is 4. The number of aromatic nitrogens is 4. The minimum absolute atomic E-state index is 0.0627. The summed E-state index contributed by atoms with van der Waals surface area (Å²) in [6.45, 7) is 5.35. The van der Waals surface area contributed by atoms with E-state index in [1.807, 2.05) is 0 Å². The number of tetrazole rings is 1. The molecule has 0 spiro atoms. The van der Waals surface area contributed by atoms with Crippen molar-refractivity contribution in [1.29, 1.82) is 0 Å². The molecule has 9 heteroatoms. The number of hydrogen-bond acceptors (Lipinski definition) is 6. The molecule has 1 aromatic heterocycles. The molecular weight excluding hydrogens is 288 g/mol. The molecule has 1 heterocycles. The quantitative estimate of drug-likeness (QED) is 0.653. The van der Waals surface area contributed by atoms with Crippen molar-refractivity contribution in [2.24, 2.45) is 5.41 Å². The standard InChI is InChI=1S/C13H16N6O3/c1-13(2,3)12(20)14-10-5-4-9(19(21)22)6-8(10)7-11-15-17-18-16-11/h4-6H,7H2,1-3H3,(H,14,20)(H,15,16,17,18). The Morgan fingerprint density at radius 1 is 1.41 bits per heavy atom. The van der Waals surface area contributed by atoms with Crippen LogP contribution in [-0.2, 0) is 11.2 Å². The largest absolute Gasteiger partial charge is 0.325 e. The summed E-state index contributed by atoms with van der Waals surface area (Å²) in [4.78, 5) is 22.5. The van der Waals surface area contributed by atoms with Crippen molar-refractivity contribution in [3.63, 3.8) is 0 Å². The molecule has 0 atom stereocenters. The van der Waals surface area contributed by atoms with Gasteiger partial charge in [0.1, 0.15) is 0 Å². The SMILES string of the molecule is CC(C)(C)C(=O)Nc1ccc([N+](=O)[O-])cc1Cc1nn[nH]n1. The van der Waals surface area contributed by atoms with Gasteiger partial charge in [0, 0.05) is 29.7 Å². The highest BCUT2D eigenvalue weighted by Gasteiger charge is 2.23. The van der Waals surface area contributed by atoms with Gasteiger partial charge in [-0.1, -0.05) is 26.0 Å². The minimum Gasteiger partial charge on any atom is -0.325 e. The Bertz CT molecular complexity index is 690. The molecule has 1 amide bonds. The van der Waals surface area contributed by atoms with Gasteiger partial charge in [-0.05, 0) is 11.6 Å². The summed E-state index contributed by atoms with van der Waals surface area (Å²) in [5.41, 5.74) is 0.404. The first-order chi connectivity index (χ1) is 10.3. The van der Waals surface area contributed by atoms with E-state index in [4.69, 9.17) is 0 Å². The predicted octanol–water partition coefficient (Wildman–Crippen LogP) is 1.68. The third-order valence-electron chi connectivity index (χ3n) is 2.97. The highest BCUT2D eigenvalue weighted by molar-refractivity contribution is 5.95. The van der Waals surface area contributed by atoms with E-state index in [0.717, 1.165) is 0 Å².